The number of hydrogen-bond donors (Lipinski definition) is 4. The second-order valence-electron chi connectivity index (χ2n) is 7.42. The molecule has 0 spiro atoms. The van der Waals surface area contributed by atoms with Crippen molar-refractivity contribution in [2.24, 2.45) is 0 Å². The van der Waals surface area contributed by atoms with Gasteiger partial charge in [0.05, 0.1) is 25.3 Å². The molecule has 0 aromatic heterocycles. The van der Waals surface area contributed by atoms with Crippen LogP contribution >= 0.6 is 0 Å². The molecule has 0 saturated heterocycles. The highest BCUT2D eigenvalue weighted by Gasteiger charge is 2.27. The second-order valence-corrected chi connectivity index (χ2v) is 7.42. The van der Waals surface area contributed by atoms with Gasteiger partial charge in [0.25, 0.3) is 5.91 Å². The number of carbonyl (C=O) groups is 1. The Kier molecular flexibility index (Phi) is 6.58. The van der Waals surface area contributed by atoms with Gasteiger partial charge in [0.1, 0.15) is 17.7 Å². The van der Waals surface area contributed by atoms with Gasteiger partial charge in [0, 0.05) is 12.7 Å². The Morgan fingerprint density at radius 1 is 1.00 bits per heavy atom. The molecule has 4 N–H and O–H groups in total. The number of amides is 1. The molecule has 7 nitrogen and oxygen atoms in total. The summed E-state index contributed by atoms with van der Waals surface area (Å²) in [6.45, 7) is 2.62. The van der Waals surface area contributed by atoms with Crippen LogP contribution in [0.15, 0.2) is 66.7 Å². The lowest BCUT2D eigenvalue weighted by molar-refractivity contribution is 0.0960. The topological polar surface area (TPSA) is 83.7 Å². The van der Waals surface area contributed by atoms with Crippen LogP contribution in [0.2, 0.25) is 0 Å². The van der Waals surface area contributed by atoms with Gasteiger partial charge in [-0.05, 0) is 53.9 Å². The lowest BCUT2D eigenvalue weighted by atomic mass is 9.92. The molecule has 3 aromatic carbocycles. The van der Waals surface area contributed by atoms with Gasteiger partial charge in [-0.1, -0.05) is 36.4 Å². The number of rotatable bonds is 7. The maximum absolute atomic E-state index is 12.2. The molecule has 0 saturated carbocycles. The van der Waals surface area contributed by atoms with Gasteiger partial charge < -0.3 is 20.1 Å². The zero-order chi connectivity index (χ0) is 22.5. The number of methoxy groups -OCH3 is 1. The highest BCUT2D eigenvalue weighted by atomic mass is 16.5. The van der Waals surface area contributed by atoms with E-state index < -0.39 is 0 Å². The van der Waals surface area contributed by atoms with Gasteiger partial charge in [-0.3, -0.25) is 4.79 Å². The summed E-state index contributed by atoms with van der Waals surface area (Å²) in [6, 6.07) is 21.9. The van der Waals surface area contributed by atoms with Gasteiger partial charge in [-0.2, -0.15) is 0 Å². The van der Waals surface area contributed by atoms with Crippen LogP contribution in [0.5, 0.6) is 11.5 Å². The minimum atomic E-state index is -0.198. The molecule has 4 rings (SSSR count). The fourth-order valence-corrected chi connectivity index (χ4v) is 3.94. The summed E-state index contributed by atoms with van der Waals surface area (Å²) in [5.74, 6) is 1.19. The van der Waals surface area contributed by atoms with Crippen LogP contribution in [-0.4, -0.2) is 26.7 Å². The normalized spacial score (nSPS) is 17.2. The Balaban J connectivity index is 1.60. The monoisotopic (exact) mass is 432 g/mol. The van der Waals surface area contributed by atoms with Crippen molar-refractivity contribution in [1.29, 1.82) is 0 Å². The predicted molar refractivity (Wildman–Crippen MR) is 125 cm³/mol. The molecule has 1 aliphatic rings. The van der Waals surface area contributed by atoms with E-state index in [1.54, 1.807) is 26.3 Å². The van der Waals surface area contributed by atoms with Crippen molar-refractivity contribution in [2.75, 3.05) is 26.1 Å². The Bertz CT molecular complexity index is 1080. The first-order chi connectivity index (χ1) is 15.6. The van der Waals surface area contributed by atoms with Crippen molar-refractivity contribution in [3.05, 3.63) is 89.0 Å². The third-order valence-electron chi connectivity index (χ3n) is 5.50. The molecular weight excluding hydrogens is 404 g/mol. The Morgan fingerprint density at radius 2 is 1.75 bits per heavy atom. The zero-order valence-corrected chi connectivity index (χ0v) is 18.4. The van der Waals surface area contributed by atoms with Crippen molar-refractivity contribution in [3.63, 3.8) is 0 Å². The zero-order valence-electron chi connectivity index (χ0n) is 18.4. The van der Waals surface area contributed by atoms with Crippen molar-refractivity contribution in [2.45, 2.75) is 19.1 Å². The summed E-state index contributed by atoms with van der Waals surface area (Å²) in [6.07, 6.45) is -0.184. The van der Waals surface area contributed by atoms with E-state index in [4.69, 9.17) is 9.47 Å². The Morgan fingerprint density at radius 3 is 2.44 bits per heavy atom. The molecule has 0 radical (unpaired) electrons. The lowest BCUT2D eigenvalue weighted by Gasteiger charge is -2.35. The SMILES string of the molecule is CCOc1ccc(C2NNC(Nc3ccc(OC)c(C(=O)NC)c3)c3ccccc32)cc1. The fraction of sp³-hybridized carbons (Fsp3) is 0.240. The Labute approximate surface area is 188 Å². The average Bonchev–Trinajstić information content (AvgIpc) is 2.84. The number of ether oxygens (including phenoxy) is 2. The number of benzene rings is 3. The van der Waals surface area contributed by atoms with E-state index in [-0.39, 0.29) is 18.1 Å². The molecule has 32 heavy (non-hydrogen) atoms. The van der Waals surface area contributed by atoms with Crippen LogP contribution in [0.3, 0.4) is 0 Å². The first kappa shape index (κ1) is 21.7. The molecule has 2 unspecified atom stereocenters. The highest BCUT2D eigenvalue weighted by Crippen LogP contribution is 2.34. The van der Waals surface area contributed by atoms with E-state index in [1.807, 2.05) is 37.3 Å². The van der Waals surface area contributed by atoms with Crippen LogP contribution < -0.4 is 31.0 Å². The minimum absolute atomic E-state index is 0.00257. The van der Waals surface area contributed by atoms with Crippen LogP contribution in [0.1, 0.15) is 46.2 Å². The van der Waals surface area contributed by atoms with E-state index in [9.17, 15) is 4.79 Å². The first-order valence-corrected chi connectivity index (χ1v) is 10.6. The highest BCUT2D eigenvalue weighted by molar-refractivity contribution is 5.97. The van der Waals surface area contributed by atoms with Crippen molar-refractivity contribution < 1.29 is 14.3 Å². The van der Waals surface area contributed by atoms with Gasteiger partial charge in [0.15, 0.2) is 0 Å². The number of hydrazine groups is 1. The molecular formula is C25H28N4O3. The van der Waals surface area contributed by atoms with E-state index in [0.717, 1.165) is 22.6 Å². The van der Waals surface area contributed by atoms with E-state index in [0.29, 0.717) is 17.9 Å². The standard InChI is InChI=1S/C25H28N4O3/c1-4-32-18-12-9-16(10-13-18)23-19-7-5-6-8-20(19)24(29-28-23)27-17-11-14-22(31-3)21(15-17)25(30)26-2/h5-15,23-24,27-29H,4H2,1-3H3,(H,26,30). The third kappa shape index (κ3) is 4.39. The summed E-state index contributed by atoms with van der Waals surface area (Å²) in [7, 11) is 3.16. The summed E-state index contributed by atoms with van der Waals surface area (Å²) in [5.41, 5.74) is 11.5. The average molecular weight is 433 g/mol. The van der Waals surface area contributed by atoms with Crippen LogP contribution in [-0.2, 0) is 0 Å². The molecule has 7 heteroatoms. The maximum atomic E-state index is 12.2. The maximum Gasteiger partial charge on any atom is 0.254 e. The smallest absolute Gasteiger partial charge is 0.254 e. The van der Waals surface area contributed by atoms with Crippen molar-refractivity contribution >= 4 is 11.6 Å². The number of fused-ring (bicyclic) bond motifs is 1. The van der Waals surface area contributed by atoms with Gasteiger partial charge in [-0.25, -0.2) is 10.9 Å². The van der Waals surface area contributed by atoms with Crippen molar-refractivity contribution in [3.8, 4) is 11.5 Å². The van der Waals surface area contributed by atoms with E-state index in [2.05, 4.69) is 45.8 Å². The lowest BCUT2D eigenvalue weighted by Crippen LogP contribution is -2.46. The molecule has 2 atom stereocenters. The van der Waals surface area contributed by atoms with Crippen LogP contribution in [0, 0.1) is 0 Å². The molecule has 3 aromatic rings. The first-order valence-electron chi connectivity index (χ1n) is 10.6. The largest absolute Gasteiger partial charge is 0.496 e. The third-order valence-corrected chi connectivity index (χ3v) is 5.50. The summed E-state index contributed by atoms with van der Waals surface area (Å²) in [4.78, 5) is 12.2. The summed E-state index contributed by atoms with van der Waals surface area (Å²) >= 11 is 0. The molecule has 1 heterocycles. The van der Waals surface area contributed by atoms with Crippen LogP contribution in [0.25, 0.3) is 0 Å². The fourth-order valence-electron chi connectivity index (χ4n) is 3.94. The quantitative estimate of drug-likeness (QED) is 0.455. The number of nitrogens with one attached hydrogen (secondary N) is 4. The van der Waals surface area contributed by atoms with Crippen LogP contribution in [0.4, 0.5) is 5.69 Å². The van der Waals surface area contributed by atoms with Crippen molar-refractivity contribution in [1.82, 2.24) is 16.2 Å². The molecule has 0 bridgehead atoms. The summed E-state index contributed by atoms with van der Waals surface area (Å²) in [5, 5.41) is 6.13. The van der Waals surface area contributed by atoms with Gasteiger partial charge in [-0.15, -0.1) is 0 Å². The second kappa shape index (κ2) is 9.72. The molecule has 166 valence electrons. The number of hydrogen-bond acceptors (Lipinski definition) is 6. The number of carbonyl (C=O) groups excluding carboxylic acids is 1. The predicted octanol–water partition coefficient (Wildman–Crippen LogP) is 3.76. The molecule has 0 aliphatic carbocycles. The van der Waals surface area contributed by atoms with E-state index >= 15 is 0 Å². The minimum Gasteiger partial charge on any atom is -0.496 e. The van der Waals surface area contributed by atoms with E-state index in [1.165, 1.54) is 5.56 Å². The molecule has 1 amide bonds. The number of anilines is 1. The Hall–Kier alpha value is -3.55. The summed E-state index contributed by atoms with van der Waals surface area (Å²) < 4.78 is 10.9. The molecule has 0 fully saturated rings. The van der Waals surface area contributed by atoms with Gasteiger partial charge >= 0.3 is 0 Å². The van der Waals surface area contributed by atoms with Gasteiger partial charge in [0.2, 0.25) is 0 Å². The molecule has 1 aliphatic heterocycles.